The van der Waals surface area contributed by atoms with Crippen LogP contribution in [0.2, 0.25) is 6.32 Å². The van der Waals surface area contributed by atoms with Gasteiger partial charge in [-0.2, -0.15) is 0 Å². The molecule has 0 aliphatic heterocycles. The van der Waals surface area contributed by atoms with Crippen molar-refractivity contribution in [3.05, 3.63) is 0 Å². The van der Waals surface area contributed by atoms with Crippen molar-refractivity contribution in [2.45, 2.75) is 13.2 Å². The first-order valence-corrected chi connectivity index (χ1v) is 3.51. The van der Waals surface area contributed by atoms with Crippen molar-refractivity contribution < 1.29 is 0 Å². The van der Waals surface area contributed by atoms with E-state index < -0.39 is 0 Å². The highest BCUT2D eigenvalue weighted by molar-refractivity contribution is 6.10. The predicted molar refractivity (Wildman–Crippen MR) is 55.1 cm³/mol. The van der Waals surface area contributed by atoms with E-state index in [1.807, 2.05) is 0 Å². The van der Waals surface area contributed by atoms with Crippen LogP contribution in [0, 0.1) is 59.2 Å². The molecule has 13 heavy (non-hydrogen) atoms. The summed E-state index contributed by atoms with van der Waals surface area (Å²) in [6, 6.07) is 0. The first-order valence-electron chi connectivity index (χ1n) is 3.51. The molecule has 0 aliphatic rings. The highest BCUT2D eigenvalue weighted by Gasteiger charge is 1.57. The van der Waals surface area contributed by atoms with Crippen LogP contribution in [0.5, 0.6) is 0 Å². The molecule has 0 saturated carbocycles. The molecule has 0 rings (SSSR count). The third-order valence-electron chi connectivity index (χ3n) is 0.753. The maximum absolute atomic E-state index is 5.11. The Hall–Kier alpha value is -2.14. The summed E-state index contributed by atoms with van der Waals surface area (Å²) in [5.74, 6) is 25.4. The van der Waals surface area contributed by atoms with Crippen molar-refractivity contribution in [3.8, 4) is 59.2 Å². The van der Waals surface area contributed by atoms with Crippen LogP contribution in [-0.2, 0) is 0 Å². The van der Waals surface area contributed by atoms with Gasteiger partial charge in [0.05, 0.1) is 7.85 Å². The van der Waals surface area contributed by atoms with E-state index in [-0.39, 0.29) is 0 Å². The van der Waals surface area contributed by atoms with Crippen molar-refractivity contribution in [1.82, 2.24) is 0 Å². The van der Waals surface area contributed by atoms with Crippen molar-refractivity contribution in [2.24, 2.45) is 0 Å². The van der Waals surface area contributed by atoms with E-state index in [0.717, 1.165) is 0 Å². The molecule has 0 saturated heterocycles. The highest BCUT2D eigenvalue weighted by Crippen LogP contribution is 1.61. The van der Waals surface area contributed by atoms with Gasteiger partial charge in [-0.15, -0.1) is 0 Å². The maximum Gasteiger partial charge on any atom is 0.0828 e. The Morgan fingerprint density at radius 2 is 1.23 bits per heavy atom. The van der Waals surface area contributed by atoms with Gasteiger partial charge in [0.15, 0.2) is 0 Å². The van der Waals surface area contributed by atoms with Crippen molar-refractivity contribution in [2.75, 3.05) is 0 Å². The average molecular weight is 160 g/mol. The van der Waals surface area contributed by atoms with E-state index in [4.69, 9.17) is 7.85 Å². The largest absolute Gasteiger partial charge is 0.0987 e. The van der Waals surface area contributed by atoms with E-state index in [2.05, 4.69) is 59.2 Å². The van der Waals surface area contributed by atoms with E-state index in [0.29, 0.717) is 6.32 Å². The maximum atomic E-state index is 5.11. The van der Waals surface area contributed by atoms with E-state index in [9.17, 15) is 0 Å². The lowest BCUT2D eigenvalue weighted by molar-refractivity contribution is 1.88. The summed E-state index contributed by atoms with van der Waals surface area (Å²) in [5, 5.41) is 0. The second-order valence-corrected chi connectivity index (χ2v) is 1.63. The topological polar surface area (TPSA) is 0 Å². The fourth-order valence-electron chi connectivity index (χ4n) is 0.345. The van der Waals surface area contributed by atoms with Gasteiger partial charge in [-0.05, 0) is 60.6 Å². The molecule has 0 aromatic rings. The molecule has 2 radical (unpaired) electrons. The number of rotatable bonds is 0. The lowest BCUT2D eigenvalue weighted by Gasteiger charge is -1.60. The summed E-state index contributed by atoms with van der Waals surface area (Å²) in [6.45, 7) is 1.71. The molecule has 56 valence electrons. The third-order valence-corrected chi connectivity index (χ3v) is 0.753. The predicted octanol–water partition coefficient (Wildman–Crippen LogP) is 0.610. The first-order chi connectivity index (χ1) is 6.41. The molecule has 0 nitrogen and oxygen atoms in total. The summed E-state index contributed by atoms with van der Waals surface area (Å²) >= 11 is 0. The molecule has 0 spiro atoms. The molecule has 0 aliphatic carbocycles. The van der Waals surface area contributed by atoms with Gasteiger partial charge in [-0.25, -0.2) is 0 Å². The summed E-state index contributed by atoms with van der Waals surface area (Å²) in [5.41, 5.74) is 0. The van der Waals surface area contributed by atoms with Crippen LogP contribution in [0.4, 0.5) is 0 Å². The van der Waals surface area contributed by atoms with Crippen LogP contribution < -0.4 is 0 Å². The summed E-state index contributed by atoms with van der Waals surface area (Å²) < 4.78 is 0. The fourth-order valence-corrected chi connectivity index (χ4v) is 0.345. The summed E-state index contributed by atoms with van der Waals surface area (Å²) in [6.07, 6.45) is 0.313. The van der Waals surface area contributed by atoms with Crippen molar-refractivity contribution in [1.29, 1.82) is 0 Å². The minimum absolute atomic E-state index is 0.313. The summed E-state index contributed by atoms with van der Waals surface area (Å²) in [7, 11) is 5.11. The van der Waals surface area contributed by atoms with Gasteiger partial charge in [0.1, 0.15) is 0 Å². The van der Waals surface area contributed by atoms with E-state index in [1.165, 1.54) is 0 Å². The molecular weight excluding hydrogens is 155 g/mol. The minimum atomic E-state index is 0.313. The molecular formula is C12H5B. The van der Waals surface area contributed by atoms with Gasteiger partial charge in [-0.1, -0.05) is 11.8 Å². The zero-order chi connectivity index (χ0) is 9.78. The molecule has 0 N–H and O–H groups in total. The Labute approximate surface area is 80.9 Å². The molecule has 0 unspecified atom stereocenters. The Kier molecular flexibility index (Phi) is 8.24. The second-order valence-electron chi connectivity index (χ2n) is 1.63. The van der Waals surface area contributed by atoms with Crippen LogP contribution in [0.3, 0.4) is 0 Å². The third kappa shape index (κ3) is 9.86. The quantitative estimate of drug-likeness (QED) is 0.359. The minimum Gasteiger partial charge on any atom is -0.0987 e. The molecule has 0 aromatic heterocycles. The molecule has 0 bridgehead atoms. The van der Waals surface area contributed by atoms with Gasteiger partial charge < -0.3 is 0 Å². The standard InChI is InChI=1S/C12H5B/c1-2-3-4-5-6-7-8-9-10-11-12-13/h12H2,1H3. The number of hydrogen-bond acceptors (Lipinski definition) is 0. The van der Waals surface area contributed by atoms with Gasteiger partial charge in [0.2, 0.25) is 0 Å². The van der Waals surface area contributed by atoms with E-state index >= 15 is 0 Å². The normalized spacial score (nSPS) is 4.38. The Balaban J connectivity index is 4.04. The van der Waals surface area contributed by atoms with Gasteiger partial charge in [0.25, 0.3) is 0 Å². The Bertz CT molecular complexity index is 442. The summed E-state index contributed by atoms with van der Waals surface area (Å²) in [4.78, 5) is 0. The van der Waals surface area contributed by atoms with Crippen molar-refractivity contribution >= 4 is 7.85 Å². The molecule has 0 fully saturated rings. The molecule has 0 heterocycles. The molecule has 1 heteroatoms. The van der Waals surface area contributed by atoms with E-state index in [1.54, 1.807) is 6.92 Å². The molecule has 0 amide bonds. The van der Waals surface area contributed by atoms with Crippen LogP contribution in [0.15, 0.2) is 0 Å². The van der Waals surface area contributed by atoms with Gasteiger partial charge in [0, 0.05) is 0 Å². The van der Waals surface area contributed by atoms with Crippen LogP contribution in [0.25, 0.3) is 0 Å². The first kappa shape index (κ1) is 10.9. The molecule has 0 aromatic carbocycles. The monoisotopic (exact) mass is 160 g/mol. The Morgan fingerprint density at radius 3 is 1.69 bits per heavy atom. The lowest BCUT2D eigenvalue weighted by atomic mass is 10.1. The molecule has 0 atom stereocenters. The smallest absolute Gasteiger partial charge is 0.0828 e. The number of hydrogen-bond donors (Lipinski definition) is 0. The van der Waals surface area contributed by atoms with Crippen LogP contribution >= 0.6 is 0 Å². The Morgan fingerprint density at radius 1 is 0.769 bits per heavy atom. The second kappa shape index (κ2) is 9.86. The zero-order valence-electron chi connectivity index (χ0n) is 7.28. The van der Waals surface area contributed by atoms with Gasteiger partial charge in [-0.3, -0.25) is 0 Å². The fraction of sp³-hybridized carbons (Fsp3) is 0.167. The lowest BCUT2D eigenvalue weighted by Crippen LogP contribution is -1.57. The highest BCUT2D eigenvalue weighted by atomic mass is 13.6. The zero-order valence-corrected chi connectivity index (χ0v) is 7.28. The van der Waals surface area contributed by atoms with Crippen LogP contribution in [0.1, 0.15) is 6.92 Å². The SMILES string of the molecule is [B]CC#CC#CC#CC#CC#CC. The van der Waals surface area contributed by atoms with Crippen molar-refractivity contribution in [3.63, 3.8) is 0 Å². The van der Waals surface area contributed by atoms with Gasteiger partial charge >= 0.3 is 0 Å². The average Bonchev–Trinajstić information content (AvgIpc) is 2.16. The van der Waals surface area contributed by atoms with Crippen LogP contribution in [-0.4, -0.2) is 7.85 Å².